The second kappa shape index (κ2) is 8.68. The molecule has 166 valence electrons. The number of aliphatic imine (C=N–C) groups is 2. The summed E-state index contributed by atoms with van der Waals surface area (Å²) in [6, 6.07) is 9.14. The summed E-state index contributed by atoms with van der Waals surface area (Å²) < 4.78 is 28.4. The first-order chi connectivity index (χ1) is 15.4. The summed E-state index contributed by atoms with van der Waals surface area (Å²) in [6.45, 7) is 5.23. The number of aromatic nitrogens is 1. The molecular formula is C22H21BrN4O3S2. The van der Waals surface area contributed by atoms with Crippen LogP contribution in [0, 0.1) is 6.92 Å². The van der Waals surface area contributed by atoms with Gasteiger partial charge in [0.05, 0.1) is 10.2 Å². The Kier molecular flexibility index (Phi) is 5.90. The Balaban J connectivity index is 1.57. The minimum atomic E-state index is -2.44. The molecule has 0 aliphatic carbocycles. The number of hydrogen-bond acceptors (Lipinski definition) is 7. The Bertz CT molecular complexity index is 1280. The fraction of sp³-hybridized carbons (Fsp3) is 0.364. The summed E-state index contributed by atoms with van der Waals surface area (Å²) in [6.07, 6.45) is 3.75. The molecule has 1 aromatic heterocycles. The molecule has 0 bridgehead atoms. The van der Waals surface area contributed by atoms with E-state index in [0.29, 0.717) is 22.6 Å². The van der Waals surface area contributed by atoms with Crippen LogP contribution in [0.3, 0.4) is 0 Å². The van der Waals surface area contributed by atoms with Crippen molar-refractivity contribution in [2.75, 3.05) is 11.4 Å². The first kappa shape index (κ1) is 21.7. The van der Waals surface area contributed by atoms with Gasteiger partial charge in [-0.2, -0.15) is 14.2 Å². The lowest BCUT2D eigenvalue weighted by Crippen LogP contribution is -2.41. The largest absolute Gasteiger partial charge is 0.377 e. The Morgan fingerprint density at radius 2 is 2.19 bits per heavy atom. The number of hydrogen-bond donors (Lipinski definition) is 1. The van der Waals surface area contributed by atoms with Crippen LogP contribution in [0.2, 0.25) is 0 Å². The van der Waals surface area contributed by atoms with E-state index in [1.165, 1.54) is 16.9 Å². The molecule has 2 aromatic carbocycles. The molecule has 0 fully saturated rings. The van der Waals surface area contributed by atoms with Crippen molar-refractivity contribution in [1.82, 2.24) is 4.98 Å². The number of rotatable bonds is 4. The summed E-state index contributed by atoms with van der Waals surface area (Å²) in [4.78, 5) is 15.6. The van der Waals surface area contributed by atoms with E-state index in [-0.39, 0.29) is 0 Å². The molecule has 3 heterocycles. The Labute approximate surface area is 200 Å². The van der Waals surface area contributed by atoms with Crippen molar-refractivity contribution < 1.29 is 12.9 Å². The maximum Gasteiger partial charge on any atom is 0.357 e. The van der Waals surface area contributed by atoms with Crippen LogP contribution >= 0.6 is 27.3 Å². The molecule has 32 heavy (non-hydrogen) atoms. The molecule has 7 nitrogen and oxygen atoms in total. The minimum absolute atomic E-state index is 0.343. The molecule has 2 aliphatic heterocycles. The summed E-state index contributed by atoms with van der Waals surface area (Å²) in [7, 11) is 0. The van der Waals surface area contributed by atoms with E-state index in [1.54, 1.807) is 0 Å². The zero-order valence-corrected chi connectivity index (χ0v) is 20.8. The number of aryl methyl sites for hydroxylation is 2. The molecule has 0 saturated carbocycles. The SMILES string of the molecule is Cc1cc2nc(N=C=Nc3cc4c5c(c3OS(=O)O)CCCN5C(C)CC4)sc2cc1Br. The number of benzene rings is 2. The lowest BCUT2D eigenvalue weighted by molar-refractivity contribution is 0.452. The van der Waals surface area contributed by atoms with Crippen LogP contribution in [0.15, 0.2) is 32.7 Å². The van der Waals surface area contributed by atoms with Crippen molar-refractivity contribution in [2.45, 2.75) is 45.6 Å². The molecule has 2 atom stereocenters. The zero-order chi connectivity index (χ0) is 22.4. The van der Waals surface area contributed by atoms with Gasteiger partial charge in [-0.1, -0.05) is 27.3 Å². The number of thiazole rings is 1. The highest BCUT2D eigenvalue weighted by atomic mass is 79.9. The second-order valence-electron chi connectivity index (χ2n) is 8.09. The highest BCUT2D eigenvalue weighted by Crippen LogP contribution is 2.47. The quantitative estimate of drug-likeness (QED) is 0.323. The standard InChI is InChI=1S/C22H21BrN4O3S2/c1-12-8-17-19(10-16(12)23)31-22(26-17)25-11-24-18-9-14-6-5-13(2)27-7-3-4-15(20(14)27)21(18)30-32(28)29/h8-10,13H,3-7H2,1-2H3,(H,28,29). The molecule has 2 unspecified atom stereocenters. The van der Waals surface area contributed by atoms with Gasteiger partial charge in [0.2, 0.25) is 5.13 Å². The van der Waals surface area contributed by atoms with Crippen LogP contribution in [0.1, 0.15) is 36.5 Å². The summed E-state index contributed by atoms with van der Waals surface area (Å²) in [5, 5.41) is 0.550. The topological polar surface area (TPSA) is 87.4 Å². The van der Waals surface area contributed by atoms with Gasteiger partial charge in [0, 0.05) is 28.3 Å². The maximum atomic E-state index is 11.5. The normalized spacial score (nSPS) is 18.1. The number of anilines is 1. The first-order valence-electron chi connectivity index (χ1n) is 10.4. The van der Waals surface area contributed by atoms with Gasteiger partial charge in [-0.05, 0) is 68.9 Å². The molecule has 2 aliphatic rings. The van der Waals surface area contributed by atoms with Crippen molar-refractivity contribution in [3.05, 3.63) is 39.4 Å². The Morgan fingerprint density at radius 3 is 3.00 bits per heavy atom. The monoisotopic (exact) mass is 532 g/mol. The first-order valence-corrected chi connectivity index (χ1v) is 13.0. The number of fused-ring (bicyclic) bond motifs is 1. The Morgan fingerprint density at radius 1 is 1.34 bits per heavy atom. The molecule has 0 radical (unpaired) electrons. The molecule has 5 rings (SSSR count). The van der Waals surface area contributed by atoms with Gasteiger partial charge in [-0.15, -0.1) is 0 Å². The number of nitrogens with zero attached hydrogens (tertiary/aromatic N) is 4. The predicted octanol–water partition coefficient (Wildman–Crippen LogP) is 6.11. The van der Waals surface area contributed by atoms with E-state index in [2.05, 4.69) is 48.7 Å². The second-order valence-corrected chi connectivity index (χ2v) is 10.5. The van der Waals surface area contributed by atoms with Crippen LogP contribution < -0.4 is 9.08 Å². The van der Waals surface area contributed by atoms with Gasteiger partial charge in [-0.3, -0.25) is 4.55 Å². The van der Waals surface area contributed by atoms with Crippen molar-refractivity contribution >= 4 is 71.4 Å². The molecule has 0 amide bonds. The summed E-state index contributed by atoms with van der Waals surface area (Å²) in [5.41, 5.74) is 5.73. The highest BCUT2D eigenvalue weighted by Gasteiger charge is 2.32. The van der Waals surface area contributed by atoms with Gasteiger partial charge in [-0.25, -0.2) is 4.98 Å². The lowest BCUT2D eigenvalue weighted by atomic mass is 9.88. The third kappa shape index (κ3) is 4.02. The summed E-state index contributed by atoms with van der Waals surface area (Å²) in [5.74, 6) is 0.343. The third-order valence-corrected chi connectivity index (χ3v) is 8.09. The van der Waals surface area contributed by atoms with Gasteiger partial charge >= 0.3 is 11.4 Å². The lowest BCUT2D eigenvalue weighted by Gasteiger charge is -2.42. The van der Waals surface area contributed by atoms with Crippen molar-refractivity contribution in [3.63, 3.8) is 0 Å². The molecule has 10 heteroatoms. The van der Waals surface area contributed by atoms with E-state index in [4.69, 9.17) is 4.18 Å². The predicted molar refractivity (Wildman–Crippen MR) is 133 cm³/mol. The fourth-order valence-corrected chi connectivity index (χ4v) is 6.13. The van der Waals surface area contributed by atoms with E-state index >= 15 is 0 Å². The Hall–Kier alpha value is -2.10. The van der Waals surface area contributed by atoms with E-state index in [0.717, 1.165) is 63.7 Å². The molecule has 0 saturated heterocycles. The van der Waals surface area contributed by atoms with Crippen LogP contribution in [0.5, 0.6) is 5.75 Å². The van der Waals surface area contributed by atoms with E-state index < -0.39 is 11.4 Å². The molecule has 0 spiro atoms. The smallest absolute Gasteiger partial charge is 0.357 e. The van der Waals surface area contributed by atoms with E-state index in [1.807, 2.05) is 25.1 Å². The third-order valence-electron chi connectivity index (χ3n) is 6.01. The maximum absolute atomic E-state index is 11.5. The van der Waals surface area contributed by atoms with Crippen LogP contribution in [-0.4, -0.2) is 32.3 Å². The van der Waals surface area contributed by atoms with E-state index in [9.17, 15) is 8.76 Å². The van der Waals surface area contributed by atoms with Gasteiger partial charge in [0.25, 0.3) is 0 Å². The molecular weight excluding hydrogens is 512 g/mol. The van der Waals surface area contributed by atoms with Crippen molar-refractivity contribution in [2.24, 2.45) is 9.98 Å². The van der Waals surface area contributed by atoms with Gasteiger partial charge in [0.1, 0.15) is 11.7 Å². The van der Waals surface area contributed by atoms with Gasteiger partial charge in [0.15, 0.2) is 5.75 Å². The van der Waals surface area contributed by atoms with Crippen molar-refractivity contribution in [3.8, 4) is 5.75 Å². The highest BCUT2D eigenvalue weighted by molar-refractivity contribution is 9.10. The fourth-order valence-electron chi connectivity index (χ4n) is 4.49. The van der Waals surface area contributed by atoms with Gasteiger partial charge < -0.3 is 9.08 Å². The zero-order valence-electron chi connectivity index (χ0n) is 17.6. The van der Waals surface area contributed by atoms with Crippen LogP contribution in [-0.2, 0) is 24.2 Å². The van der Waals surface area contributed by atoms with Crippen molar-refractivity contribution in [1.29, 1.82) is 0 Å². The van der Waals surface area contributed by atoms with Crippen LogP contribution in [0.25, 0.3) is 10.2 Å². The minimum Gasteiger partial charge on any atom is -0.377 e. The average Bonchev–Trinajstić information content (AvgIpc) is 3.14. The summed E-state index contributed by atoms with van der Waals surface area (Å²) >= 11 is 2.55. The molecule has 3 aromatic rings. The average molecular weight is 533 g/mol. The molecule has 1 N–H and O–H groups in total. The number of halogens is 1. The van der Waals surface area contributed by atoms with Crippen LogP contribution in [0.4, 0.5) is 16.5 Å².